The predicted molar refractivity (Wildman–Crippen MR) is 104 cm³/mol. The molecule has 146 valence electrons. The second kappa shape index (κ2) is 10.0. The van der Waals surface area contributed by atoms with Crippen LogP contribution in [-0.2, 0) is 14.3 Å². The zero-order valence-electron chi connectivity index (χ0n) is 15.8. The van der Waals surface area contributed by atoms with Gasteiger partial charge in [-0.05, 0) is 24.3 Å². The van der Waals surface area contributed by atoms with Gasteiger partial charge >= 0.3 is 5.97 Å². The molecular weight excluding hydrogens is 360 g/mol. The average Bonchev–Trinajstić information content (AvgIpc) is 2.71. The van der Waals surface area contributed by atoms with Crippen molar-refractivity contribution in [2.75, 3.05) is 26.0 Å². The largest absolute Gasteiger partial charge is 0.456 e. The maximum atomic E-state index is 11.9. The lowest BCUT2D eigenvalue weighted by Crippen LogP contribution is -2.22. The van der Waals surface area contributed by atoms with Crippen molar-refractivity contribution in [1.29, 1.82) is 0 Å². The van der Waals surface area contributed by atoms with E-state index in [4.69, 9.17) is 4.74 Å². The van der Waals surface area contributed by atoms with E-state index in [1.165, 1.54) is 4.90 Å². The molecule has 0 aliphatic heterocycles. The molecule has 0 atom stereocenters. The highest BCUT2D eigenvalue weighted by Crippen LogP contribution is 2.11. The fraction of sp³-hybridized carbons (Fsp3) is 0.238. The molecule has 28 heavy (non-hydrogen) atoms. The maximum absolute atomic E-state index is 11.9. The lowest BCUT2D eigenvalue weighted by Gasteiger charge is -2.11. The minimum atomic E-state index is -0.619. The summed E-state index contributed by atoms with van der Waals surface area (Å²) in [5.74, 6) is -1.42. The summed E-state index contributed by atoms with van der Waals surface area (Å²) in [7, 11) is 3.31. The molecule has 0 radical (unpaired) electrons. The van der Waals surface area contributed by atoms with Crippen molar-refractivity contribution >= 4 is 29.3 Å². The number of hydrogen-bond donors (Lipinski definition) is 1. The SMILES string of the molecule is CN(C)C(=O)c1ccc(NC(=O)COC(=O)CCC(=O)c2ccccc2)cc1. The fourth-order valence-electron chi connectivity index (χ4n) is 2.35. The highest BCUT2D eigenvalue weighted by molar-refractivity contribution is 5.98. The van der Waals surface area contributed by atoms with Crippen LogP contribution in [0.15, 0.2) is 54.6 Å². The number of hydrogen-bond acceptors (Lipinski definition) is 5. The van der Waals surface area contributed by atoms with Crippen molar-refractivity contribution in [3.8, 4) is 0 Å². The molecule has 0 saturated carbocycles. The number of esters is 1. The molecule has 2 rings (SSSR count). The molecule has 0 unspecified atom stereocenters. The Bertz CT molecular complexity index is 845. The molecule has 0 aliphatic carbocycles. The van der Waals surface area contributed by atoms with Crippen LogP contribution in [0.5, 0.6) is 0 Å². The highest BCUT2D eigenvalue weighted by atomic mass is 16.5. The Balaban J connectivity index is 1.73. The molecule has 2 amide bonds. The third-order valence-corrected chi connectivity index (χ3v) is 3.84. The first-order valence-corrected chi connectivity index (χ1v) is 8.72. The van der Waals surface area contributed by atoms with Crippen molar-refractivity contribution in [3.63, 3.8) is 0 Å². The lowest BCUT2D eigenvalue weighted by molar-refractivity contribution is -0.147. The number of anilines is 1. The Kier molecular flexibility index (Phi) is 7.45. The van der Waals surface area contributed by atoms with E-state index in [2.05, 4.69) is 5.32 Å². The quantitative estimate of drug-likeness (QED) is 0.559. The van der Waals surface area contributed by atoms with Gasteiger partial charge in [-0.25, -0.2) is 0 Å². The Morgan fingerprint density at radius 2 is 1.50 bits per heavy atom. The second-order valence-corrected chi connectivity index (χ2v) is 6.27. The van der Waals surface area contributed by atoms with Gasteiger partial charge in [-0.15, -0.1) is 0 Å². The predicted octanol–water partition coefficient (Wildman–Crippen LogP) is 2.53. The summed E-state index contributed by atoms with van der Waals surface area (Å²) >= 11 is 0. The van der Waals surface area contributed by atoms with Crippen LogP contribution in [0.1, 0.15) is 33.6 Å². The Hall–Kier alpha value is -3.48. The third-order valence-electron chi connectivity index (χ3n) is 3.84. The summed E-state index contributed by atoms with van der Waals surface area (Å²) in [5.41, 5.74) is 1.51. The van der Waals surface area contributed by atoms with Gasteiger partial charge < -0.3 is 15.0 Å². The van der Waals surface area contributed by atoms with Crippen molar-refractivity contribution < 1.29 is 23.9 Å². The summed E-state index contributed by atoms with van der Waals surface area (Å²) in [5, 5.41) is 2.58. The molecule has 0 aliphatic rings. The minimum absolute atomic E-state index is 0.0197. The monoisotopic (exact) mass is 382 g/mol. The van der Waals surface area contributed by atoms with Gasteiger partial charge in [0, 0.05) is 37.3 Å². The first-order chi connectivity index (χ1) is 13.4. The van der Waals surface area contributed by atoms with Crippen molar-refractivity contribution in [2.24, 2.45) is 0 Å². The molecule has 0 fully saturated rings. The zero-order chi connectivity index (χ0) is 20.5. The topological polar surface area (TPSA) is 92.8 Å². The number of carbonyl (C=O) groups is 4. The number of benzene rings is 2. The van der Waals surface area contributed by atoms with Gasteiger partial charge in [-0.1, -0.05) is 30.3 Å². The first-order valence-electron chi connectivity index (χ1n) is 8.72. The number of ether oxygens (including phenoxy) is 1. The van der Waals surface area contributed by atoms with E-state index in [0.717, 1.165) is 0 Å². The van der Waals surface area contributed by atoms with Crippen molar-refractivity contribution in [1.82, 2.24) is 4.90 Å². The van der Waals surface area contributed by atoms with Gasteiger partial charge in [0.15, 0.2) is 12.4 Å². The molecular formula is C21H22N2O5. The molecule has 2 aromatic carbocycles. The Morgan fingerprint density at radius 1 is 0.857 bits per heavy atom. The summed E-state index contributed by atoms with van der Waals surface area (Å²) in [6.07, 6.45) is -0.0752. The van der Waals surface area contributed by atoms with Crippen molar-refractivity contribution in [3.05, 3.63) is 65.7 Å². The number of nitrogens with zero attached hydrogens (tertiary/aromatic N) is 1. The van der Waals surface area contributed by atoms with Gasteiger partial charge in [-0.3, -0.25) is 19.2 Å². The van der Waals surface area contributed by atoms with E-state index in [0.29, 0.717) is 16.8 Å². The Morgan fingerprint density at radius 3 is 2.11 bits per heavy atom. The van der Waals surface area contributed by atoms with Crippen LogP contribution in [0.2, 0.25) is 0 Å². The van der Waals surface area contributed by atoms with Gasteiger partial charge in [0.2, 0.25) is 0 Å². The minimum Gasteiger partial charge on any atom is -0.456 e. The van der Waals surface area contributed by atoms with Crippen molar-refractivity contribution in [2.45, 2.75) is 12.8 Å². The molecule has 1 N–H and O–H groups in total. The van der Waals surface area contributed by atoms with E-state index in [9.17, 15) is 19.2 Å². The molecule has 0 aromatic heterocycles. The van der Waals surface area contributed by atoms with E-state index < -0.39 is 18.5 Å². The van der Waals surface area contributed by atoms with Crippen LogP contribution in [0.4, 0.5) is 5.69 Å². The van der Waals surface area contributed by atoms with Crippen LogP contribution in [0.3, 0.4) is 0 Å². The van der Waals surface area contributed by atoms with Crippen LogP contribution in [-0.4, -0.2) is 49.2 Å². The lowest BCUT2D eigenvalue weighted by atomic mass is 10.1. The zero-order valence-corrected chi connectivity index (χ0v) is 15.8. The molecule has 0 saturated heterocycles. The molecule has 0 heterocycles. The molecule has 7 nitrogen and oxygen atoms in total. The van der Waals surface area contributed by atoms with Gasteiger partial charge in [-0.2, -0.15) is 0 Å². The molecule has 0 bridgehead atoms. The van der Waals surface area contributed by atoms with Crippen LogP contribution in [0, 0.1) is 0 Å². The van der Waals surface area contributed by atoms with Crippen LogP contribution < -0.4 is 5.32 Å². The number of rotatable bonds is 8. The molecule has 0 spiro atoms. The molecule has 7 heteroatoms. The Labute approximate surface area is 163 Å². The standard InChI is InChI=1S/C21H22N2O5/c1-23(2)21(27)16-8-10-17(11-9-16)22-19(25)14-28-20(26)13-12-18(24)15-6-4-3-5-7-15/h3-11H,12-14H2,1-2H3,(H,22,25). The van der Waals surface area contributed by atoms with Gasteiger partial charge in [0.25, 0.3) is 11.8 Å². The molecule has 2 aromatic rings. The van der Waals surface area contributed by atoms with Gasteiger partial charge in [0.1, 0.15) is 0 Å². The second-order valence-electron chi connectivity index (χ2n) is 6.27. The summed E-state index contributed by atoms with van der Waals surface area (Å²) in [4.78, 5) is 48.8. The van der Waals surface area contributed by atoms with E-state index in [1.807, 2.05) is 0 Å². The normalized spacial score (nSPS) is 10.1. The highest BCUT2D eigenvalue weighted by Gasteiger charge is 2.12. The number of amides is 2. The summed E-state index contributed by atoms with van der Waals surface area (Å²) in [6.45, 7) is -0.448. The van der Waals surface area contributed by atoms with Crippen LogP contribution >= 0.6 is 0 Å². The smallest absolute Gasteiger partial charge is 0.306 e. The van der Waals surface area contributed by atoms with E-state index >= 15 is 0 Å². The van der Waals surface area contributed by atoms with E-state index in [1.54, 1.807) is 68.7 Å². The van der Waals surface area contributed by atoms with E-state index in [-0.39, 0.29) is 24.5 Å². The number of Topliss-reactive ketones (excluding diaryl/α,β-unsaturated/α-hetero) is 1. The van der Waals surface area contributed by atoms with Gasteiger partial charge in [0.05, 0.1) is 6.42 Å². The maximum Gasteiger partial charge on any atom is 0.306 e. The number of carbonyl (C=O) groups excluding carboxylic acids is 4. The number of ketones is 1. The summed E-state index contributed by atoms with van der Waals surface area (Å²) < 4.78 is 4.89. The summed E-state index contributed by atoms with van der Waals surface area (Å²) in [6, 6.07) is 15.0. The fourth-order valence-corrected chi connectivity index (χ4v) is 2.35. The third kappa shape index (κ3) is 6.35. The average molecular weight is 382 g/mol. The first kappa shape index (κ1) is 20.8. The van der Waals surface area contributed by atoms with Crippen LogP contribution in [0.25, 0.3) is 0 Å². The number of nitrogens with one attached hydrogen (secondary N) is 1.